The lowest BCUT2D eigenvalue weighted by molar-refractivity contribution is -0.138. The number of nitrogens with zero attached hydrogens (tertiary/aromatic N) is 1. The molecule has 2 unspecified atom stereocenters. The number of hydrogen-bond donors (Lipinski definition) is 3. The molecule has 0 aromatic heterocycles. The molecule has 94 valence electrons. The second-order valence-electron chi connectivity index (χ2n) is 4.50. The van der Waals surface area contributed by atoms with E-state index in [2.05, 4.69) is 17.1 Å². The molecule has 4 N–H and O–H groups in total. The van der Waals surface area contributed by atoms with Crippen molar-refractivity contribution in [3.05, 3.63) is 0 Å². The minimum Gasteiger partial charge on any atom is -0.481 e. The molecule has 0 bridgehead atoms. The van der Waals surface area contributed by atoms with Crippen molar-refractivity contribution < 1.29 is 9.90 Å². The summed E-state index contributed by atoms with van der Waals surface area (Å²) in [4.78, 5) is 13.0. The van der Waals surface area contributed by atoms with Crippen LogP contribution in [-0.2, 0) is 4.79 Å². The Morgan fingerprint density at radius 1 is 1.56 bits per heavy atom. The highest BCUT2D eigenvalue weighted by atomic mass is 16.4. The lowest BCUT2D eigenvalue weighted by Gasteiger charge is -2.37. The monoisotopic (exact) mass is 229 g/mol. The summed E-state index contributed by atoms with van der Waals surface area (Å²) in [7, 11) is 0. The number of piperidine rings is 1. The van der Waals surface area contributed by atoms with Crippen molar-refractivity contribution in [1.29, 1.82) is 0 Å². The van der Waals surface area contributed by atoms with Crippen molar-refractivity contribution in [3.63, 3.8) is 0 Å². The minimum atomic E-state index is -0.699. The summed E-state index contributed by atoms with van der Waals surface area (Å²) in [5, 5.41) is 12.2. The number of carboxylic acids is 1. The topological polar surface area (TPSA) is 78.6 Å². The molecular formula is C11H23N3O2. The highest BCUT2D eigenvalue weighted by molar-refractivity contribution is 5.67. The first-order valence-electron chi connectivity index (χ1n) is 6.03. The molecule has 0 amide bonds. The predicted octanol–water partition coefficient (Wildman–Crippen LogP) is -0.280. The van der Waals surface area contributed by atoms with Gasteiger partial charge in [0.2, 0.25) is 0 Å². The largest absolute Gasteiger partial charge is 0.481 e. The van der Waals surface area contributed by atoms with Crippen LogP contribution in [0.15, 0.2) is 0 Å². The fourth-order valence-electron chi connectivity index (χ4n) is 2.50. The minimum absolute atomic E-state index is 0.252. The van der Waals surface area contributed by atoms with Crippen molar-refractivity contribution >= 4 is 5.97 Å². The molecular weight excluding hydrogens is 206 g/mol. The first-order valence-corrected chi connectivity index (χ1v) is 6.03. The van der Waals surface area contributed by atoms with E-state index < -0.39 is 5.97 Å². The summed E-state index contributed by atoms with van der Waals surface area (Å²) >= 11 is 0. The van der Waals surface area contributed by atoms with E-state index in [1.807, 2.05) is 0 Å². The van der Waals surface area contributed by atoms with Gasteiger partial charge in [-0.15, -0.1) is 0 Å². The molecule has 5 heteroatoms. The molecule has 1 saturated heterocycles. The van der Waals surface area contributed by atoms with E-state index in [4.69, 9.17) is 10.8 Å². The second-order valence-corrected chi connectivity index (χ2v) is 4.50. The van der Waals surface area contributed by atoms with Gasteiger partial charge in [0.15, 0.2) is 0 Å². The third-order valence-electron chi connectivity index (χ3n) is 3.01. The number of rotatable bonds is 6. The van der Waals surface area contributed by atoms with Gasteiger partial charge in [-0.25, -0.2) is 0 Å². The molecule has 0 aromatic carbocycles. The maximum absolute atomic E-state index is 10.7. The van der Waals surface area contributed by atoms with Gasteiger partial charge >= 0.3 is 5.97 Å². The zero-order valence-corrected chi connectivity index (χ0v) is 9.98. The zero-order chi connectivity index (χ0) is 12.0. The molecule has 1 aliphatic rings. The zero-order valence-electron chi connectivity index (χ0n) is 9.98. The Balaban J connectivity index is 2.48. The maximum Gasteiger partial charge on any atom is 0.303 e. The lowest BCUT2D eigenvalue weighted by atomic mass is 9.91. The maximum atomic E-state index is 10.7. The van der Waals surface area contributed by atoms with Crippen molar-refractivity contribution in [2.75, 3.05) is 32.7 Å². The van der Waals surface area contributed by atoms with Crippen LogP contribution in [0.4, 0.5) is 0 Å². The Labute approximate surface area is 97.0 Å². The molecule has 1 aliphatic heterocycles. The Bertz CT molecular complexity index is 209. The van der Waals surface area contributed by atoms with Crippen LogP contribution >= 0.6 is 0 Å². The molecule has 1 heterocycles. The molecule has 0 radical (unpaired) electrons. The molecule has 16 heavy (non-hydrogen) atoms. The van der Waals surface area contributed by atoms with Gasteiger partial charge in [0.25, 0.3) is 0 Å². The van der Waals surface area contributed by atoms with Crippen molar-refractivity contribution in [2.45, 2.75) is 25.8 Å². The SMILES string of the molecule is CCNC1CC(CC(=O)O)CN(CCN)C1. The summed E-state index contributed by atoms with van der Waals surface area (Å²) in [5.74, 6) is -0.448. The van der Waals surface area contributed by atoms with Crippen LogP contribution in [-0.4, -0.2) is 54.7 Å². The number of likely N-dealkylation sites (N-methyl/N-ethyl adjacent to an activating group) is 1. The number of nitrogens with one attached hydrogen (secondary N) is 1. The molecule has 5 nitrogen and oxygen atoms in total. The van der Waals surface area contributed by atoms with Crippen LogP contribution in [0.25, 0.3) is 0 Å². The average molecular weight is 229 g/mol. The van der Waals surface area contributed by atoms with E-state index in [0.29, 0.717) is 12.6 Å². The van der Waals surface area contributed by atoms with Gasteiger partial charge in [-0.05, 0) is 18.9 Å². The van der Waals surface area contributed by atoms with Crippen LogP contribution in [0, 0.1) is 5.92 Å². The van der Waals surface area contributed by atoms with Gasteiger partial charge in [-0.3, -0.25) is 4.79 Å². The van der Waals surface area contributed by atoms with E-state index in [1.165, 1.54) is 0 Å². The number of hydrogen-bond acceptors (Lipinski definition) is 4. The quantitative estimate of drug-likeness (QED) is 0.584. The summed E-state index contributed by atoms with van der Waals surface area (Å²) in [6.07, 6.45) is 1.23. The fraction of sp³-hybridized carbons (Fsp3) is 0.909. The molecule has 1 rings (SSSR count). The van der Waals surface area contributed by atoms with Crippen LogP contribution in [0.3, 0.4) is 0 Å². The van der Waals surface area contributed by atoms with Gasteiger partial charge in [-0.1, -0.05) is 6.92 Å². The lowest BCUT2D eigenvalue weighted by Crippen LogP contribution is -2.50. The van der Waals surface area contributed by atoms with E-state index in [-0.39, 0.29) is 12.3 Å². The van der Waals surface area contributed by atoms with Gasteiger partial charge in [-0.2, -0.15) is 0 Å². The van der Waals surface area contributed by atoms with E-state index in [9.17, 15) is 4.79 Å². The summed E-state index contributed by atoms with van der Waals surface area (Å²) < 4.78 is 0. The summed E-state index contributed by atoms with van der Waals surface area (Å²) in [5.41, 5.74) is 5.55. The van der Waals surface area contributed by atoms with Crippen molar-refractivity contribution in [1.82, 2.24) is 10.2 Å². The van der Waals surface area contributed by atoms with Crippen LogP contribution in [0.5, 0.6) is 0 Å². The third kappa shape index (κ3) is 4.47. The Morgan fingerprint density at radius 2 is 2.31 bits per heavy atom. The average Bonchev–Trinajstić information content (AvgIpc) is 2.17. The van der Waals surface area contributed by atoms with Gasteiger partial charge in [0.1, 0.15) is 0 Å². The number of carboxylic acid groups (broad SMARTS) is 1. The molecule has 0 saturated carbocycles. The van der Waals surface area contributed by atoms with Crippen LogP contribution in [0.2, 0.25) is 0 Å². The molecule has 0 spiro atoms. The fourth-order valence-corrected chi connectivity index (χ4v) is 2.50. The molecule has 2 atom stereocenters. The standard InChI is InChI=1S/C11H23N3O2/c1-2-13-10-5-9(6-11(15)16)7-14(8-10)4-3-12/h9-10,13H,2-8,12H2,1H3,(H,15,16). The Morgan fingerprint density at radius 3 is 2.88 bits per heavy atom. The number of aliphatic carboxylic acids is 1. The predicted molar refractivity (Wildman–Crippen MR) is 63.3 cm³/mol. The summed E-state index contributed by atoms with van der Waals surface area (Å²) in [6.45, 7) is 6.36. The van der Waals surface area contributed by atoms with E-state index >= 15 is 0 Å². The Hall–Kier alpha value is -0.650. The van der Waals surface area contributed by atoms with Gasteiger partial charge in [0, 0.05) is 38.6 Å². The highest BCUT2D eigenvalue weighted by Crippen LogP contribution is 2.19. The van der Waals surface area contributed by atoms with Crippen molar-refractivity contribution in [3.8, 4) is 0 Å². The second kappa shape index (κ2) is 6.83. The number of carbonyl (C=O) groups is 1. The smallest absolute Gasteiger partial charge is 0.303 e. The van der Waals surface area contributed by atoms with E-state index in [0.717, 1.165) is 32.6 Å². The first-order chi connectivity index (χ1) is 7.65. The van der Waals surface area contributed by atoms with E-state index in [1.54, 1.807) is 0 Å². The number of nitrogens with two attached hydrogens (primary N) is 1. The van der Waals surface area contributed by atoms with Gasteiger partial charge in [0.05, 0.1) is 0 Å². The van der Waals surface area contributed by atoms with Crippen molar-refractivity contribution in [2.24, 2.45) is 11.7 Å². The third-order valence-corrected chi connectivity index (χ3v) is 3.01. The highest BCUT2D eigenvalue weighted by Gasteiger charge is 2.27. The van der Waals surface area contributed by atoms with Gasteiger partial charge < -0.3 is 21.1 Å². The van der Waals surface area contributed by atoms with Crippen LogP contribution < -0.4 is 11.1 Å². The molecule has 0 aliphatic carbocycles. The first kappa shape index (κ1) is 13.4. The van der Waals surface area contributed by atoms with Crippen LogP contribution in [0.1, 0.15) is 19.8 Å². The number of likely N-dealkylation sites (tertiary alicyclic amines) is 1. The molecule has 0 aromatic rings. The molecule has 1 fully saturated rings. The Kier molecular flexibility index (Phi) is 5.73. The summed E-state index contributed by atoms with van der Waals surface area (Å²) in [6, 6.07) is 0.412. The normalized spacial score (nSPS) is 26.9.